The maximum absolute atomic E-state index is 12.1. The van der Waals surface area contributed by atoms with Crippen molar-refractivity contribution in [1.29, 1.82) is 0 Å². The fraction of sp³-hybridized carbons (Fsp3) is 0.231. The monoisotopic (exact) mass is 341 g/mol. The van der Waals surface area contributed by atoms with E-state index >= 15 is 0 Å². The summed E-state index contributed by atoms with van der Waals surface area (Å²) in [6.07, 6.45) is 3.69. The average Bonchev–Trinajstić information content (AvgIpc) is 2.50. The zero-order valence-corrected chi connectivity index (χ0v) is 12.9. The molecular formula is C13H15N3O6S. The largest absolute Gasteiger partial charge is 0.495 e. The minimum atomic E-state index is -4.16. The van der Waals surface area contributed by atoms with Crippen LogP contribution in [-0.4, -0.2) is 45.7 Å². The van der Waals surface area contributed by atoms with Gasteiger partial charge < -0.3 is 20.5 Å². The quantitative estimate of drug-likeness (QED) is 0.505. The first-order valence-electron chi connectivity index (χ1n) is 6.18. The van der Waals surface area contributed by atoms with Crippen molar-refractivity contribution >= 4 is 27.7 Å². The van der Waals surface area contributed by atoms with Crippen molar-refractivity contribution in [2.45, 2.75) is 4.90 Å². The standard InChI is InChI=1S/C13H15N3O6S/c1-3-6-14-10-5-4-9(7-11(10)22-2)23(20,21)16-12(17)8-15-13(18)19/h1,4-5,7,14-15H,6,8H2,2H3,(H,16,17)(H,18,19). The summed E-state index contributed by atoms with van der Waals surface area (Å²) in [6, 6.07) is 3.89. The summed E-state index contributed by atoms with van der Waals surface area (Å²) in [5, 5.41) is 13.0. The summed E-state index contributed by atoms with van der Waals surface area (Å²) in [5.74, 6) is 1.57. The number of benzene rings is 1. The zero-order valence-electron chi connectivity index (χ0n) is 12.1. The van der Waals surface area contributed by atoms with E-state index in [1.807, 2.05) is 0 Å². The predicted octanol–water partition coefficient (Wildman–Crippen LogP) is -0.187. The Bertz CT molecular complexity index is 739. The Hall–Kier alpha value is -2.93. The van der Waals surface area contributed by atoms with Gasteiger partial charge in [0.15, 0.2) is 0 Å². The highest BCUT2D eigenvalue weighted by molar-refractivity contribution is 7.90. The molecule has 0 heterocycles. The van der Waals surface area contributed by atoms with E-state index in [-0.39, 0.29) is 17.2 Å². The van der Waals surface area contributed by atoms with Crippen LogP contribution in [0.25, 0.3) is 0 Å². The minimum absolute atomic E-state index is 0.218. The predicted molar refractivity (Wildman–Crippen MR) is 81.7 cm³/mol. The van der Waals surface area contributed by atoms with Crippen molar-refractivity contribution in [3.05, 3.63) is 18.2 Å². The summed E-state index contributed by atoms with van der Waals surface area (Å²) in [6.45, 7) is -0.465. The van der Waals surface area contributed by atoms with Gasteiger partial charge in [-0.05, 0) is 12.1 Å². The lowest BCUT2D eigenvalue weighted by Crippen LogP contribution is -2.39. The molecule has 124 valence electrons. The number of hydrogen-bond acceptors (Lipinski definition) is 6. The van der Waals surface area contributed by atoms with Crippen LogP contribution in [-0.2, 0) is 14.8 Å². The number of carboxylic acid groups (broad SMARTS) is 1. The Labute approximate surface area is 133 Å². The lowest BCUT2D eigenvalue weighted by atomic mass is 10.3. The van der Waals surface area contributed by atoms with E-state index in [2.05, 4.69) is 11.2 Å². The van der Waals surface area contributed by atoms with Crippen LogP contribution in [0.15, 0.2) is 23.1 Å². The molecule has 0 spiro atoms. The second kappa shape index (κ2) is 7.90. The van der Waals surface area contributed by atoms with Gasteiger partial charge in [-0.1, -0.05) is 5.92 Å². The molecule has 1 rings (SSSR count). The smallest absolute Gasteiger partial charge is 0.405 e. The molecule has 0 aliphatic carbocycles. The van der Waals surface area contributed by atoms with Gasteiger partial charge in [-0.2, -0.15) is 0 Å². The minimum Gasteiger partial charge on any atom is -0.495 e. The Kier molecular flexibility index (Phi) is 6.23. The second-order valence-electron chi connectivity index (χ2n) is 4.11. The number of hydrogen-bond donors (Lipinski definition) is 4. The van der Waals surface area contributed by atoms with Gasteiger partial charge in [0.2, 0.25) is 0 Å². The lowest BCUT2D eigenvalue weighted by Gasteiger charge is -2.12. The molecule has 0 aromatic heterocycles. The molecule has 0 saturated heterocycles. The van der Waals surface area contributed by atoms with Gasteiger partial charge in [-0.3, -0.25) is 4.79 Å². The normalized spacial score (nSPS) is 10.3. The molecule has 0 unspecified atom stereocenters. The summed E-state index contributed by atoms with van der Waals surface area (Å²) in [7, 11) is -2.81. The number of sulfonamides is 1. The molecule has 23 heavy (non-hydrogen) atoms. The van der Waals surface area contributed by atoms with E-state index in [0.717, 1.165) is 0 Å². The molecule has 4 N–H and O–H groups in total. The van der Waals surface area contributed by atoms with Crippen molar-refractivity contribution in [3.63, 3.8) is 0 Å². The zero-order chi connectivity index (χ0) is 17.5. The number of nitrogens with one attached hydrogen (secondary N) is 3. The SMILES string of the molecule is C#CCNc1ccc(S(=O)(=O)NC(=O)CNC(=O)O)cc1OC. The summed E-state index contributed by atoms with van der Waals surface area (Å²) in [4.78, 5) is 21.5. The molecule has 0 saturated carbocycles. The van der Waals surface area contributed by atoms with Gasteiger partial charge in [0.1, 0.15) is 12.3 Å². The molecule has 1 aromatic rings. The summed E-state index contributed by atoms with van der Waals surface area (Å²) >= 11 is 0. The summed E-state index contributed by atoms with van der Waals surface area (Å²) in [5.41, 5.74) is 0.489. The fourth-order valence-corrected chi connectivity index (χ4v) is 2.53. The number of ether oxygens (including phenoxy) is 1. The highest BCUT2D eigenvalue weighted by Crippen LogP contribution is 2.27. The molecule has 0 aliphatic rings. The average molecular weight is 341 g/mol. The Morgan fingerprint density at radius 3 is 2.65 bits per heavy atom. The van der Waals surface area contributed by atoms with E-state index in [4.69, 9.17) is 16.3 Å². The van der Waals surface area contributed by atoms with E-state index < -0.39 is 28.6 Å². The molecule has 1 aromatic carbocycles. The van der Waals surface area contributed by atoms with E-state index in [1.165, 1.54) is 25.3 Å². The molecule has 0 bridgehead atoms. The number of terminal acetylenes is 1. The lowest BCUT2D eigenvalue weighted by molar-refractivity contribution is -0.118. The van der Waals surface area contributed by atoms with Crippen molar-refractivity contribution in [2.75, 3.05) is 25.5 Å². The van der Waals surface area contributed by atoms with Gasteiger partial charge in [-0.15, -0.1) is 6.42 Å². The van der Waals surface area contributed by atoms with Gasteiger partial charge >= 0.3 is 6.09 Å². The maximum Gasteiger partial charge on any atom is 0.405 e. The molecule has 0 atom stereocenters. The van der Waals surface area contributed by atoms with Crippen LogP contribution in [0.1, 0.15) is 0 Å². The van der Waals surface area contributed by atoms with E-state index in [1.54, 1.807) is 10.0 Å². The van der Waals surface area contributed by atoms with Crippen molar-refractivity contribution in [1.82, 2.24) is 10.0 Å². The number of methoxy groups -OCH3 is 1. The summed E-state index contributed by atoms with van der Waals surface area (Å²) < 4.78 is 30.9. The number of carbonyl (C=O) groups excluding carboxylic acids is 1. The fourth-order valence-electron chi connectivity index (χ4n) is 1.53. The topological polar surface area (TPSA) is 134 Å². The van der Waals surface area contributed by atoms with Crippen LogP contribution >= 0.6 is 0 Å². The van der Waals surface area contributed by atoms with Crippen LogP contribution in [0, 0.1) is 12.3 Å². The van der Waals surface area contributed by atoms with Crippen molar-refractivity contribution in [2.24, 2.45) is 0 Å². The van der Waals surface area contributed by atoms with Gasteiger partial charge in [0.25, 0.3) is 15.9 Å². The van der Waals surface area contributed by atoms with E-state index in [9.17, 15) is 18.0 Å². The Balaban J connectivity index is 2.94. The van der Waals surface area contributed by atoms with Crippen LogP contribution in [0.2, 0.25) is 0 Å². The van der Waals surface area contributed by atoms with Crippen LogP contribution in [0.5, 0.6) is 5.75 Å². The molecule has 9 nitrogen and oxygen atoms in total. The third kappa shape index (κ3) is 5.40. The van der Waals surface area contributed by atoms with Crippen LogP contribution in [0.4, 0.5) is 10.5 Å². The van der Waals surface area contributed by atoms with Gasteiger partial charge in [0, 0.05) is 6.07 Å². The molecule has 0 radical (unpaired) electrons. The third-order valence-corrected chi connectivity index (χ3v) is 3.88. The van der Waals surface area contributed by atoms with Crippen LogP contribution in [0.3, 0.4) is 0 Å². The van der Waals surface area contributed by atoms with Crippen molar-refractivity contribution < 1.29 is 27.9 Å². The molecule has 2 amide bonds. The second-order valence-corrected chi connectivity index (χ2v) is 5.79. The highest BCUT2D eigenvalue weighted by Gasteiger charge is 2.19. The first-order chi connectivity index (χ1) is 10.8. The molecule has 0 fully saturated rings. The Morgan fingerprint density at radius 2 is 2.09 bits per heavy atom. The Morgan fingerprint density at radius 1 is 1.39 bits per heavy atom. The van der Waals surface area contributed by atoms with Gasteiger partial charge in [0.05, 0.1) is 24.2 Å². The number of rotatable bonds is 7. The first-order valence-corrected chi connectivity index (χ1v) is 7.66. The number of amides is 2. The highest BCUT2D eigenvalue weighted by atomic mass is 32.2. The molecule has 0 aliphatic heterocycles. The first kappa shape index (κ1) is 18.1. The number of anilines is 1. The molecular weight excluding hydrogens is 326 g/mol. The number of carbonyl (C=O) groups is 2. The van der Waals surface area contributed by atoms with Gasteiger partial charge in [-0.25, -0.2) is 17.9 Å². The van der Waals surface area contributed by atoms with Crippen molar-refractivity contribution in [3.8, 4) is 18.1 Å². The maximum atomic E-state index is 12.1. The van der Waals surface area contributed by atoms with Crippen LogP contribution < -0.4 is 20.1 Å². The third-order valence-electron chi connectivity index (χ3n) is 2.51. The van der Waals surface area contributed by atoms with E-state index in [0.29, 0.717) is 5.69 Å². The molecule has 10 heteroatoms.